The van der Waals surface area contributed by atoms with Crippen molar-refractivity contribution in [1.29, 1.82) is 0 Å². The summed E-state index contributed by atoms with van der Waals surface area (Å²) in [5.41, 5.74) is 8.83. The Labute approximate surface area is 363 Å². The van der Waals surface area contributed by atoms with E-state index >= 15 is 0 Å². The smallest absolute Gasteiger partial charge is 0.134 e. The van der Waals surface area contributed by atoms with Crippen LogP contribution >= 0.6 is 15.8 Å². The summed E-state index contributed by atoms with van der Waals surface area (Å²) in [6.07, 6.45) is 2.73. The van der Waals surface area contributed by atoms with Crippen molar-refractivity contribution in [3.05, 3.63) is 194 Å². The fourth-order valence-electron chi connectivity index (χ4n) is 8.32. The number of hydrogen-bond acceptors (Lipinski definition) is 4. The average Bonchev–Trinajstić information content (AvgIpc) is 3.34. The van der Waals surface area contributed by atoms with Crippen LogP contribution in [0.2, 0.25) is 0 Å². The maximum atomic E-state index is 6.41. The highest BCUT2D eigenvalue weighted by atomic mass is 31.1. The van der Waals surface area contributed by atoms with Crippen molar-refractivity contribution in [2.75, 3.05) is 40.8 Å². The van der Waals surface area contributed by atoms with Gasteiger partial charge in [0.05, 0.1) is 28.4 Å². The molecule has 0 aliphatic carbocycles. The van der Waals surface area contributed by atoms with Gasteiger partial charge in [0, 0.05) is 43.5 Å². The molecule has 0 saturated heterocycles. The third-order valence-corrected chi connectivity index (χ3v) is 16.3. The fraction of sp³-hybridized carbons (Fsp3) is 0.127. The zero-order valence-corrected chi connectivity index (χ0v) is 36.9. The van der Waals surface area contributed by atoms with Gasteiger partial charge in [-0.05, 0) is 56.8 Å². The second-order valence-electron chi connectivity index (χ2n) is 14.6. The fourth-order valence-corrected chi connectivity index (χ4v) is 13.9. The first-order chi connectivity index (χ1) is 30.1. The van der Waals surface area contributed by atoms with Gasteiger partial charge in [0.1, 0.15) is 23.0 Å². The molecule has 61 heavy (non-hydrogen) atoms. The average molecular weight is 837 g/mol. The van der Waals surface area contributed by atoms with Crippen LogP contribution < -0.4 is 40.2 Å². The predicted molar refractivity (Wildman–Crippen MR) is 260 cm³/mol. The van der Waals surface area contributed by atoms with E-state index in [1.807, 2.05) is 0 Å². The minimum Gasteiger partial charge on any atom is -0.495 e. The van der Waals surface area contributed by atoms with E-state index in [1.54, 1.807) is 28.4 Å². The molecule has 0 radical (unpaired) electrons. The molecule has 8 aromatic carbocycles. The maximum Gasteiger partial charge on any atom is 0.134 e. The summed E-state index contributed by atoms with van der Waals surface area (Å²) >= 11 is 0. The molecule has 0 saturated carbocycles. The lowest BCUT2D eigenvalue weighted by Gasteiger charge is -2.28. The quantitative estimate of drug-likeness (QED) is 0.0909. The molecule has 0 aliphatic rings. The number of benzene rings is 8. The molecule has 0 bridgehead atoms. The van der Waals surface area contributed by atoms with E-state index in [0.29, 0.717) is 0 Å². The highest BCUT2D eigenvalue weighted by molar-refractivity contribution is 7.74. The first-order valence-corrected chi connectivity index (χ1v) is 23.6. The van der Waals surface area contributed by atoms with Crippen molar-refractivity contribution in [3.63, 3.8) is 0 Å². The third-order valence-electron chi connectivity index (χ3n) is 11.1. The van der Waals surface area contributed by atoms with E-state index in [4.69, 9.17) is 18.9 Å². The molecule has 0 aromatic heterocycles. The summed E-state index contributed by atoms with van der Waals surface area (Å²) in [4.78, 5) is 0. The van der Waals surface area contributed by atoms with Gasteiger partial charge in [0.2, 0.25) is 0 Å². The van der Waals surface area contributed by atoms with Crippen LogP contribution in [0.3, 0.4) is 0 Å². The number of para-hydroxylation sites is 4. The zero-order chi connectivity index (χ0) is 42.0. The van der Waals surface area contributed by atoms with Gasteiger partial charge < -0.3 is 18.9 Å². The second kappa shape index (κ2) is 19.9. The molecule has 0 spiro atoms. The Kier molecular flexibility index (Phi) is 13.6. The van der Waals surface area contributed by atoms with E-state index in [1.165, 1.54) is 21.2 Å². The van der Waals surface area contributed by atoms with E-state index in [2.05, 4.69) is 194 Å². The van der Waals surface area contributed by atoms with Gasteiger partial charge in [-0.25, -0.2) is 0 Å². The van der Waals surface area contributed by atoms with Gasteiger partial charge in [-0.3, -0.25) is 0 Å². The second-order valence-corrected chi connectivity index (χ2v) is 19.1. The van der Waals surface area contributed by atoms with Crippen molar-refractivity contribution >= 4 is 37.1 Å². The highest BCUT2D eigenvalue weighted by Gasteiger charge is 2.29. The normalized spacial score (nSPS) is 11.1. The molecule has 8 rings (SSSR count). The molecular formula is C55H50O4P2. The maximum absolute atomic E-state index is 6.41. The van der Waals surface area contributed by atoms with Crippen LogP contribution in [-0.4, -0.2) is 40.8 Å². The van der Waals surface area contributed by atoms with E-state index < -0.39 is 15.8 Å². The molecule has 0 N–H and O–H groups in total. The lowest BCUT2D eigenvalue weighted by Crippen LogP contribution is -2.21. The van der Waals surface area contributed by atoms with Crippen LogP contribution in [0, 0.1) is 0 Å². The number of methoxy groups -OCH3 is 4. The Hall–Kier alpha value is -6.18. The van der Waals surface area contributed by atoms with Crippen LogP contribution in [-0.2, 0) is 0 Å². The van der Waals surface area contributed by atoms with Crippen molar-refractivity contribution in [2.24, 2.45) is 0 Å². The third kappa shape index (κ3) is 8.85. The van der Waals surface area contributed by atoms with Crippen molar-refractivity contribution in [1.82, 2.24) is 0 Å². The standard InChI is InChI=1S/C55H50O4P2/c1-56-52-44(40-22-9-5-10-23-40)30-17-34-48(52)60(49-35-18-31-45(53(49)57-2)41-24-11-6-12-25-41)38-21-39-61(50-36-19-32-46(54(50)58-3)42-26-13-7-14-27-42)51-37-20-33-47(55(51)59-4)43-28-15-8-16-29-43/h5-20,22-37H,21,38-39H2,1-4H3. The summed E-state index contributed by atoms with van der Waals surface area (Å²) < 4.78 is 25.6. The Morgan fingerprint density at radius 1 is 0.279 bits per heavy atom. The highest BCUT2D eigenvalue weighted by Crippen LogP contribution is 2.49. The summed E-state index contributed by atoms with van der Waals surface area (Å²) in [5.74, 6) is 3.62. The van der Waals surface area contributed by atoms with Crippen LogP contribution in [0.25, 0.3) is 44.5 Å². The molecule has 0 aliphatic heterocycles. The molecule has 8 aromatic rings. The predicted octanol–water partition coefficient (Wildman–Crippen LogP) is 12.3. The molecule has 0 heterocycles. The number of hydrogen-bond donors (Lipinski definition) is 0. The monoisotopic (exact) mass is 836 g/mol. The van der Waals surface area contributed by atoms with Gasteiger partial charge in [0.15, 0.2) is 0 Å². The van der Waals surface area contributed by atoms with Crippen molar-refractivity contribution in [2.45, 2.75) is 6.42 Å². The largest absolute Gasteiger partial charge is 0.495 e. The molecule has 0 unspecified atom stereocenters. The van der Waals surface area contributed by atoms with Crippen molar-refractivity contribution in [3.8, 4) is 67.5 Å². The first kappa shape index (κ1) is 41.5. The van der Waals surface area contributed by atoms with Crippen LogP contribution in [0.5, 0.6) is 23.0 Å². The molecule has 0 amide bonds. The number of ether oxygens (including phenoxy) is 4. The Bertz CT molecular complexity index is 2300. The Morgan fingerprint density at radius 3 is 0.721 bits per heavy atom. The van der Waals surface area contributed by atoms with Gasteiger partial charge in [-0.15, -0.1) is 0 Å². The SMILES string of the molecule is COc1c(-c2ccccc2)cccc1P(CCCP(c1cccc(-c2ccccc2)c1OC)c1cccc(-c2ccccc2)c1OC)c1cccc(-c2ccccc2)c1OC. The molecule has 0 fully saturated rings. The van der Waals surface area contributed by atoms with Gasteiger partial charge in [-0.1, -0.05) is 194 Å². The van der Waals surface area contributed by atoms with Crippen LogP contribution in [0.4, 0.5) is 0 Å². The van der Waals surface area contributed by atoms with Crippen LogP contribution in [0.1, 0.15) is 6.42 Å². The summed E-state index contributed by atoms with van der Waals surface area (Å²) in [6, 6.07) is 68.5. The summed E-state index contributed by atoms with van der Waals surface area (Å²) in [7, 11) is 5.21. The molecule has 4 nitrogen and oxygen atoms in total. The zero-order valence-electron chi connectivity index (χ0n) is 35.1. The minimum atomic E-state index is -0.995. The number of rotatable bonds is 16. The first-order valence-electron chi connectivity index (χ1n) is 20.6. The van der Waals surface area contributed by atoms with E-state index in [-0.39, 0.29) is 0 Å². The summed E-state index contributed by atoms with van der Waals surface area (Å²) in [6.45, 7) is 0. The van der Waals surface area contributed by atoms with Gasteiger partial charge in [0.25, 0.3) is 0 Å². The molecule has 6 heteroatoms. The van der Waals surface area contributed by atoms with Gasteiger partial charge in [-0.2, -0.15) is 0 Å². The lowest BCUT2D eigenvalue weighted by molar-refractivity contribution is 0.419. The molecular weight excluding hydrogens is 787 g/mol. The lowest BCUT2D eigenvalue weighted by atomic mass is 10.0. The van der Waals surface area contributed by atoms with E-state index in [0.717, 1.165) is 86.3 Å². The van der Waals surface area contributed by atoms with Crippen molar-refractivity contribution < 1.29 is 18.9 Å². The van der Waals surface area contributed by atoms with Crippen LogP contribution in [0.15, 0.2) is 194 Å². The minimum absolute atomic E-state index is 0.902. The Balaban J connectivity index is 1.27. The summed E-state index contributed by atoms with van der Waals surface area (Å²) in [5, 5.41) is 4.77. The molecule has 0 atom stereocenters. The molecule has 304 valence electrons. The topological polar surface area (TPSA) is 36.9 Å². The van der Waals surface area contributed by atoms with Gasteiger partial charge >= 0.3 is 0 Å². The van der Waals surface area contributed by atoms with E-state index in [9.17, 15) is 0 Å². The Morgan fingerprint density at radius 2 is 0.508 bits per heavy atom.